The fourth-order valence-corrected chi connectivity index (χ4v) is 3.70. The molecule has 2 amide bonds. The number of carbonyl (C=O) groups excluding carboxylic acids is 2. The van der Waals surface area contributed by atoms with Crippen molar-refractivity contribution in [1.82, 2.24) is 10.2 Å². The molecule has 6 heteroatoms. The molecule has 162 valence electrons. The van der Waals surface area contributed by atoms with E-state index in [0.717, 1.165) is 17.5 Å². The summed E-state index contributed by atoms with van der Waals surface area (Å²) in [6, 6.07) is 14.6. The van der Waals surface area contributed by atoms with Gasteiger partial charge in [0.05, 0.1) is 0 Å². The van der Waals surface area contributed by atoms with Crippen LogP contribution in [0.5, 0.6) is 0 Å². The van der Waals surface area contributed by atoms with Crippen molar-refractivity contribution in [3.05, 3.63) is 69.7 Å². The first-order chi connectivity index (χ1) is 14.3. The van der Waals surface area contributed by atoms with E-state index in [1.54, 1.807) is 23.1 Å². The number of nitrogens with zero attached hydrogens (tertiary/aromatic N) is 1. The molecule has 0 radical (unpaired) electrons. The molecule has 0 bridgehead atoms. The van der Waals surface area contributed by atoms with Crippen LogP contribution in [0.15, 0.2) is 48.5 Å². The largest absolute Gasteiger partial charge is 0.352 e. The predicted molar refractivity (Wildman–Crippen MR) is 124 cm³/mol. The van der Waals surface area contributed by atoms with Gasteiger partial charge < -0.3 is 10.2 Å². The number of amides is 2. The number of carbonyl (C=O) groups is 2. The quantitative estimate of drug-likeness (QED) is 0.510. The summed E-state index contributed by atoms with van der Waals surface area (Å²) >= 11 is 12.4. The monoisotopic (exact) mass is 448 g/mol. The highest BCUT2D eigenvalue weighted by Crippen LogP contribution is 2.24. The van der Waals surface area contributed by atoms with E-state index in [1.807, 2.05) is 51.1 Å². The van der Waals surface area contributed by atoms with Crippen LogP contribution >= 0.6 is 23.2 Å². The van der Waals surface area contributed by atoms with Gasteiger partial charge in [0, 0.05) is 29.1 Å². The third-order valence-corrected chi connectivity index (χ3v) is 5.80. The third kappa shape index (κ3) is 7.03. The van der Waals surface area contributed by atoms with Crippen molar-refractivity contribution < 1.29 is 9.59 Å². The van der Waals surface area contributed by atoms with Crippen LogP contribution in [0.3, 0.4) is 0 Å². The summed E-state index contributed by atoms with van der Waals surface area (Å²) in [5.74, 6) is -0.207. The van der Waals surface area contributed by atoms with E-state index in [2.05, 4.69) is 5.32 Å². The van der Waals surface area contributed by atoms with Crippen LogP contribution in [0.4, 0.5) is 0 Å². The van der Waals surface area contributed by atoms with E-state index in [1.165, 1.54) is 0 Å². The van der Waals surface area contributed by atoms with Gasteiger partial charge in [-0.3, -0.25) is 9.59 Å². The van der Waals surface area contributed by atoms with Crippen LogP contribution in [-0.2, 0) is 22.6 Å². The van der Waals surface area contributed by atoms with E-state index in [9.17, 15) is 9.59 Å². The minimum absolute atomic E-state index is 0.0481. The molecule has 0 spiro atoms. The molecule has 2 aromatic carbocycles. The summed E-state index contributed by atoms with van der Waals surface area (Å²) in [4.78, 5) is 27.8. The second-order valence-corrected chi connectivity index (χ2v) is 8.33. The summed E-state index contributed by atoms with van der Waals surface area (Å²) in [5.41, 5.74) is 1.86. The number of halogens is 2. The molecule has 1 N–H and O–H groups in total. The molecule has 0 saturated heterocycles. The van der Waals surface area contributed by atoms with Crippen LogP contribution in [0.25, 0.3) is 0 Å². The van der Waals surface area contributed by atoms with Gasteiger partial charge in [0.15, 0.2) is 0 Å². The molecule has 0 unspecified atom stereocenters. The Morgan fingerprint density at radius 3 is 2.33 bits per heavy atom. The maximum absolute atomic E-state index is 13.2. The van der Waals surface area contributed by atoms with E-state index in [-0.39, 0.29) is 24.4 Å². The first-order valence-corrected chi connectivity index (χ1v) is 11.2. The van der Waals surface area contributed by atoms with Gasteiger partial charge in [-0.15, -0.1) is 0 Å². The molecule has 0 heterocycles. The molecule has 0 aliphatic rings. The highest BCUT2D eigenvalue weighted by Gasteiger charge is 2.29. The molecule has 0 fully saturated rings. The molecule has 0 saturated carbocycles. The summed E-state index contributed by atoms with van der Waals surface area (Å²) in [6.45, 7) is 6.16. The molecule has 4 nitrogen and oxygen atoms in total. The van der Waals surface area contributed by atoms with Gasteiger partial charge in [-0.25, -0.2) is 0 Å². The average Bonchev–Trinajstić information content (AvgIpc) is 2.74. The number of rotatable bonds is 10. The van der Waals surface area contributed by atoms with E-state index in [4.69, 9.17) is 23.2 Å². The lowest BCUT2D eigenvalue weighted by atomic mass is 10.1. The lowest BCUT2D eigenvalue weighted by Gasteiger charge is -2.32. The van der Waals surface area contributed by atoms with Crippen LogP contribution in [-0.4, -0.2) is 28.8 Å². The Balaban J connectivity index is 2.24. The Morgan fingerprint density at radius 1 is 1.03 bits per heavy atom. The highest BCUT2D eigenvalue weighted by molar-refractivity contribution is 6.35. The smallest absolute Gasteiger partial charge is 0.243 e. The Kier molecular flexibility index (Phi) is 9.67. The van der Waals surface area contributed by atoms with Crippen molar-refractivity contribution in [2.75, 3.05) is 0 Å². The van der Waals surface area contributed by atoms with Gasteiger partial charge in [0.2, 0.25) is 11.8 Å². The second-order valence-electron chi connectivity index (χ2n) is 7.48. The van der Waals surface area contributed by atoms with E-state index in [0.29, 0.717) is 29.3 Å². The van der Waals surface area contributed by atoms with E-state index < -0.39 is 6.04 Å². The van der Waals surface area contributed by atoms with Gasteiger partial charge in [-0.1, -0.05) is 73.4 Å². The fourth-order valence-electron chi connectivity index (χ4n) is 3.23. The summed E-state index contributed by atoms with van der Waals surface area (Å²) in [7, 11) is 0. The van der Waals surface area contributed by atoms with Gasteiger partial charge in [0.1, 0.15) is 6.04 Å². The van der Waals surface area contributed by atoms with Crippen molar-refractivity contribution in [1.29, 1.82) is 0 Å². The standard InChI is InChI=1S/C24H30Cl2N2O2/c1-4-17(3)27-24(30)22(5-2)28(16-19-12-13-20(25)15-21(19)26)23(29)14-11-18-9-7-6-8-10-18/h6-10,12-13,15,17,22H,4-5,11,14,16H2,1-3H3,(H,27,30)/t17-,22-/m1/s1. The van der Waals surface area contributed by atoms with Crippen LogP contribution in [0.1, 0.15) is 51.2 Å². The maximum Gasteiger partial charge on any atom is 0.243 e. The molecular formula is C24H30Cl2N2O2. The number of benzene rings is 2. The number of hydrogen-bond donors (Lipinski definition) is 1. The SMILES string of the molecule is CC[C@@H](C)NC(=O)[C@@H](CC)N(Cc1ccc(Cl)cc1Cl)C(=O)CCc1ccccc1. The Labute approximate surface area is 189 Å². The average molecular weight is 449 g/mol. The zero-order valence-corrected chi connectivity index (χ0v) is 19.3. The van der Waals surface area contributed by atoms with Crippen molar-refractivity contribution in [3.8, 4) is 0 Å². The first kappa shape index (κ1) is 24.2. The minimum Gasteiger partial charge on any atom is -0.352 e. The Morgan fingerprint density at radius 2 is 1.73 bits per heavy atom. The van der Waals surface area contributed by atoms with Crippen molar-refractivity contribution >= 4 is 35.0 Å². The number of nitrogens with one attached hydrogen (secondary N) is 1. The molecule has 0 aromatic heterocycles. The lowest BCUT2D eigenvalue weighted by molar-refractivity contribution is -0.141. The van der Waals surface area contributed by atoms with Gasteiger partial charge in [0.25, 0.3) is 0 Å². The minimum atomic E-state index is -0.561. The molecule has 2 atom stereocenters. The van der Waals surface area contributed by atoms with Crippen molar-refractivity contribution in [2.45, 2.75) is 65.1 Å². The molecule has 2 aromatic rings. The zero-order valence-electron chi connectivity index (χ0n) is 17.8. The molecule has 0 aliphatic heterocycles. The molecule has 30 heavy (non-hydrogen) atoms. The van der Waals surface area contributed by atoms with Crippen molar-refractivity contribution in [2.24, 2.45) is 0 Å². The fraction of sp³-hybridized carbons (Fsp3) is 0.417. The van der Waals surface area contributed by atoms with Crippen LogP contribution in [0.2, 0.25) is 10.0 Å². The zero-order chi connectivity index (χ0) is 22.1. The third-order valence-electron chi connectivity index (χ3n) is 5.21. The summed E-state index contributed by atoms with van der Waals surface area (Å²) < 4.78 is 0. The normalized spacial score (nSPS) is 12.8. The molecule has 0 aliphatic carbocycles. The van der Waals surface area contributed by atoms with Gasteiger partial charge >= 0.3 is 0 Å². The second kappa shape index (κ2) is 12.0. The molecule has 2 rings (SSSR count). The Bertz CT molecular complexity index is 842. The number of aryl methyl sites for hydroxylation is 1. The highest BCUT2D eigenvalue weighted by atomic mass is 35.5. The maximum atomic E-state index is 13.2. The van der Waals surface area contributed by atoms with Crippen LogP contribution in [0, 0.1) is 0 Å². The number of hydrogen-bond acceptors (Lipinski definition) is 2. The first-order valence-electron chi connectivity index (χ1n) is 10.4. The van der Waals surface area contributed by atoms with Crippen molar-refractivity contribution in [3.63, 3.8) is 0 Å². The molecular weight excluding hydrogens is 419 g/mol. The predicted octanol–water partition coefficient (Wildman–Crippen LogP) is 5.65. The summed E-state index contributed by atoms with van der Waals surface area (Å²) in [5, 5.41) is 4.03. The van der Waals surface area contributed by atoms with Gasteiger partial charge in [-0.2, -0.15) is 0 Å². The van der Waals surface area contributed by atoms with Gasteiger partial charge in [-0.05, 0) is 49.4 Å². The van der Waals surface area contributed by atoms with E-state index >= 15 is 0 Å². The summed E-state index contributed by atoms with van der Waals surface area (Å²) in [6.07, 6.45) is 2.29. The Hall–Kier alpha value is -2.04. The van der Waals surface area contributed by atoms with Crippen LogP contribution < -0.4 is 5.32 Å². The topological polar surface area (TPSA) is 49.4 Å². The lowest BCUT2D eigenvalue weighted by Crippen LogP contribution is -2.50.